The van der Waals surface area contributed by atoms with Crippen LogP contribution in [-0.2, 0) is 0 Å². The highest BCUT2D eigenvalue weighted by Crippen LogP contribution is 2.34. The Hall–Kier alpha value is -4.04. The van der Waals surface area contributed by atoms with Gasteiger partial charge in [-0.15, -0.1) is 0 Å². The van der Waals surface area contributed by atoms with Gasteiger partial charge in [-0.2, -0.15) is 0 Å². The Morgan fingerprint density at radius 3 is 2.31 bits per heavy atom. The summed E-state index contributed by atoms with van der Waals surface area (Å²) in [7, 11) is 0. The predicted molar refractivity (Wildman–Crippen MR) is 128 cm³/mol. The first kappa shape index (κ1) is 21.2. The van der Waals surface area contributed by atoms with Crippen LogP contribution in [0.4, 0.5) is 22.2 Å². The molecule has 0 aliphatic rings. The van der Waals surface area contributed by atoms with Gasteiger partial charge >= 0.3 is 0 Å². The molecular formula is C24H20N4O3S. The summed E-state index contributed by atoms with van der Waals surface area (Å²) in [5.74, 6) is -0.296. The summed E-state index contributed by atoms with van der Waals surface area (Å²) in [4.78, 5) is 28.7. The molecule has 4 rings (SSSR count). The largest absolute Gasteiger partial charge is 0.332 e. The molecule has 0 unspecified atom stereocenters. The molecule has 0 radical (unpaired) electrons. The van der Waals surface area contributed by atoms with Gasteiger partial charge in [-0.3, -0.25) is 14.9 Å². The first-order valence-corrected chi connectivity index (χ1v) is 10.7. The molecule has 0 fully saturated rings. The lowest BCUT2D eigenvalue weighted by Gasteiger charge is -2.05. The van der Waals surface area contributed by atoms with Gasteiger partial charge in [-0.05, 0) is 61.4 Å². The number of thiazole rings is 1. The van der Waals surface area contributed by atoms with E-state index in [1.165, 1.54) is 29.0 Å². The number of nitro groups is 1. The third-order valence-electron chi connectivity index (χ3n) is 4.97. The molecule has 1 amide bonds. The molecule has 7 nitrogen and oxygen atoms in total. The Kier molecular flexibility index (Phi) is 5.96. The van der Waals surface area contributed by atoms with E-state index in [1.54, 1.807) is 24.3 Å². The van der Waals surface area contributed by atoms with Crippen LogP contribution in [0, 0.1) is 24.0 Å². The van der Waals surface area contributed by atoms with E-state index in [0.717, 1.165) is 11.3 Å². The normalized spacial score (nSPS) is 10.6. The van der Waals surface area contributed by atoms with Crippen LogP contribution in [0.25, 0.3) is 11.3 Å². The van der Waals surface area contributed by atoms with Crippen molar-refractivity contribution in [3.8, 4) is 11.3 Å². The van der Waals surface area contributed by atoms with E-state index in [0.29, 0.717) is 27.0 Å². The van der Waals surface area contributed by atoms with Crippen molar-refractivity contribution in [1.82, 2.24) is 4.98 Å². The maximum Gasteiger partial charge on any atom is 0.269 e. The van der Waals surface area contributed by atoms with Crippen LogP contribution >= 0.6 is 11.3 Å². The number of carbonyl (C=O) groups excluding carboxylic acids is 1. The van der Waals surface area contributed by atoms with E-state index in [1.807, 2.05) is 50.2 Å². The van der Waals surface area contributed by atoms with Crippen molar-refractivity contribution in [2.45, 2.75) is 13.8 Å². The van der Waals surface area contributed by atoms with Crippen molar-refractivity contribution in [2.75, 3.05) is 10.6 Å². The lowest BCUT2D eigenvalue weighted by atomic mass is 10.1. The van der Waals surface area contributed by atoms with Gasteiger partial charge in [-0.1, -0.05) is 35.6 Å². The fraction of sp³-hybridized carbons (Fsp3) is 0.0833. The standard InChI is InChI=1S/C24H20N4O3S/c1-15-8-11-19(14-16(15)2)26-24-27-21(17-9-12-20(13-10-17)28(30)31)22(32-24)23(29)25-18-6-4-3-5-7-18/h3-14H,1-2H3,(H,25,29)(H,26,27). The van der Waals surface area contributed by atoms with E-state index < -0.39 is 4.92 Å². The number of rotatable bonds is 6. The molecule has 0 saturated carbocycles. The Balaban J connectivity index is 1.71. The average molecular weight is 445 g/mol. The lowest BCUT2D eigenvalue weighted by molar-refractivity contribution is -0.384. The minimum Gasteiger partial charge on any atom is -0.332 e. The number of non-ortho nitro benzene ring substituents is 1. The second-order valence-corrected chi connectivity index (χ2v) is 8.24. The molecule has 0 aliphatic carbocycles. The number of amides is 1. The lowest BCUT2D eigenvalue weighted by Crippen LogP contribution is -2.11. The molecule has 0 aliphatic heterocycles. The smallest absolute Gasteiger partial charge is 0.269 e. The maximum absolute atomic E-state index is 13.1. The molecule has 4 aromatic rings. The Labute approximate surface area is 188 Å². The van der Waals surface area contributed by atoms with E-state index in [2.05, 4.69) is 15.6 Å². The average Bonchev–Trinajstić information content (AvgIpc) is 3.21. The molecule has 0 bridgehead atoms. The van der Waals surface area contributed by atoms with Crippen LogP contribution in [0.1, 0.15) is 20.8 Å². The molecule has 1 aromatic heterocycles. The number of nitrogens with zero attached hydrogens (tertiary/aromatic N) is 2. The van der Waals surface area contributed by atoms with Crippen molar-refractivity contribution in [2.24, 2.45) is 0 Å². The summed E-state index contributed by atoms with van der Waals surface area (Å²) in [5, 5.41) is 17.7. The number of anilines is 3. The number of aromatic nitrogens is 1. The predicted octanol–water partition coefficient (Wildman–Crippen LogP) is 6.33. The van der Waals surface area contributed by atoms with E-state index in [4.69, 9.17) is 0 Å². The van der Waals surface area contributed by atoms with E-state index >= 15 is 0 Å². The van der Waals surface area contributed by atoms with Crippen LogP contribution in [0.15, 0.2) is 72.8 Å². The van der Waals surface area contributed by atoms with Gasteiger partial charge in [-0.25, -0.2) is 4.98 Å². The van der Waals surface area contributed by atoms with Crippen LogP contribution in [0.5, 0.6) is 0 Å². The summed E-state index contributed by atoms with van der Waals surface area (Å²) in [6, 6.07) is 21.2. The Morgan fingerprint density at radius 1 is 0.938 bits per heavy atom. The molecule has 160 valence electrons. The van der Waals surface area contributed by atoms with Crippen molar-refractivity contribution in [3.05, 3.63) is 98.9 Å². The third-order valence-corrected chi connectivity index (χ3v) is 5.94. The number of nitrogens with one attached hydrogen (secondary N) is 2. The zero-order valence-electron chi connectivity index (χ0n) is 17.5. The van der Waals surface area contributed by atoms with Gasteiger partial charge < -0.3 is 10.6 Å². The fourth-order valence-electron chi connectivity index (χ4n) is 3.12. The van der Waals surface area contributed by atoms with E-state index in [-0.39, 0.29) is 11.6 Å². The van der Waals surface area contributed by atoms with Gasteiger partial charge in [0, 0.05) is 29.1 Å². The molecule has 32 heavy (non-hydrogen) atoms. The molecule has 3 aromatic carbocycles. The Morgan fingerprint density at radius 2 is 1.66 bits per heavy atom. The molecule has 0 saturated heterocycles. The van der Waals surface area contributed by atoms with Crippen LogP contribution in [0.3, 0.4) is 0 Å². The van der Waals surface area contributed by atoms with Crippen molar-refractivity contribution >= 4 is 39.4 Å². The van der Waals surface area contributed by atoms with Gasteiger partial charge in [0.1, 0.15) is 4.88 Å². The van der Waals surface area contributed by atoms with Crippen LogP contribution < -0.4 is 10.6 Å². The topological polar surface area (TPSA) is 97.2 Å². The fourth-order valence-corrected chi connectivity index (χ4v) is 4.02. The van der Waals surface area contributed by atoms with Gasteiger partial charge in [0.25, 0.3) is 11.6 Å². The van der Waals surface area contributed by atoms with Gasteiger partial charge in [0.15, 0.2) is 5.13 Å². The van der Waals surface area contributed by atoms with Crippen LogP contribution in [-0.4, -0.2) is 15.8 Å². The highest BCUT2D eigenvalue weighted by molar-refractivity contribution is 7.18. The highest BCUT2D eigenvalue weighted by atomic mass is 32.1. The van der Waals surface area contributed by atoms with E-state index in [9.17, 15) is 14.9 Å². The SMILES string of the molecule is Cc1ccc(Nc2nc(-c3ccc([N+](=O)[O-])cc3)c(C(=O)Nc3ccccc3)s2)cc1C. The number of hydrogen-bond donors (Lipinski definition) is 2. The quantitative estimate of drug-likeness (QED) is 0.267. The molecular weight excluding hydrogens is 424 g/mol. The summed E-state index contributed by atoms with van der Waals surface area (Å²) in [5.41, 5.74) is 4.93. The molecule has 0 spiro atoms. The maximum atomic E-state index is 13.1. The zero-order chi connectivity index (χ0) is 22.7. The number of para-hydroxylation sites is 1. The monoisotopic (exact) mass is 444 g/mol. The number of benzene rings is 3. The highest BCUT2D eigenvalue weighted by Gasteiger charge is 2.21. The van der Waals surface area contributed by atoms with Crippen molar-refractivity contribution < 1.29 is 9.72 Å². The summed E-state index contributed by atoms with van der Waals surface area (Å²) in [6.45, 7) is 4.07. The number of nitro benzene ring substituents is 1. The molecule has 1 heterocycles. The molecule has 2 N–H and O–H groups in total. The second kappa shape index (κ2) is 8.99. The second-order valence-electron chi connectivity index (χ2n) is 7.24. The first-order valence-electron chi connectivity index (χ1n) is 9.87. The molecule has 8 heteroatoms. The van der Waals surface area contributed by atoms with Gasteiger partial charge in [0.2, 0.25) is 0 Å². The van der Waals surface area contributed by atoms with Gasteiger partial charge in [0.05, 0.1) is 10.6 Å². The zero-order valence-corrected chi connectivity index (χ0v) is 18.3. The minimum absolute atomic E-state index is 0.0206. The number of hydrogen-bond acceptors (Lipinski definition) is 6. The van der Waals surface area contributed by atoms with Crippen molar-refractivity contribution in [1.29, 1.82) is 0 Å². The molecule has 0 atom stereocenters. The first-order chi connectivity index (χ1) is 15.4. The minimum atomic E-state index is -0.458. The summed E-state index contributed by atoms with van der Waals surface area (Å²) < 4.78 is 0. The third kappa shape index (κ3) is 4.65. The Bertz CT molecular complexity index is 1280. The number of aryl methyl sites for hydroxylation is 2. The summed E-state index contributed by atoms with van der Waals surface area (Å²) >= 11 is 1.23. The van der Waals surface area contributed by atoms with Crippen molar-refractivity contribution in [3.63, 3.8) is 0 Å². The summed E-state index contributed by atoms with van der Waals surface area (Å²) in [6.07, 6.45) is 0. The van der Waals surface area contributed by atoms with Crippen LogP contribution in [0.2, 0.25) is 0 Å². The number of carbonyl (C=O) groups is 1.